The average Bonchev–Trinajstić information content (AvgIpc) is 2.67. The normalized spacial score (nSPS) is 18.8. The van der Waals surface area contributed by atoms with Gasteiger partial charge in [-0.15, -0.1) is 0 Å². The number of hydrogen-bond donors (Lipinski definition) is 1. The molecule has 0 aliphatic carbocycles. The van der Waals surface area contributed by atoms with Crippen LogP contribution in [0.4, 0.5) is 11.4 Å². The number of benzene rings is 1. The summed E-state index contributed by atoms with van der Waals surface area (Å²) < 4.78 is 0. The molecule has 1 saturated heterocycles. The van der Waals surface area contributed by atoms with E-state index in [4.69, 9.17) is 5.73 Å². The zero-order valence-corrected chi connectivity index (χ0v) is 12.0. The number of hydrogen-bond acceptors (Lipinski definition) is 3. The Morgan fingerprint density at radius 1 is 1.10 bits per heavy atom. The van der Waals surface area contributed by atoms with Crippen molar-refractivity contribution in [1.82, 2.24) is 4.90 Å². The summed E-state index contributed by atoms with van der Waals surface area (Å²) in [6.45, 7) is 3.28. The van der Waals surface area contributed by atoms with Crippen LogP contribution in [-0.2, 0) is 11.2 Å². The van der Waals surface area contributed by atoms with E-state index in [9.17, 15) is 4.79 Å². The highest BCUT2D eigenvalue weighted by atomic mass is 16.2. The molecule has 0 aromatic heterocycles. The third-order valence-corrected chi connectivity index (χ3v) is 4.39. The predicted octanol–water partition coefficient (Wildman–Crippen LogP) is 2.03. The largest absolute Gasteiger partial charge is 0.399 e. The van der Waals surface area contributed by atoms with Gasteiger partial charge in [0.05, 0.1) is 6.54 Å². The number of amides is 1. The van der Waals surface area contributed by atoms with Gasteiger partial charge in [0.2, 0.25) is 5.91 Å². The Kier molecular flexibility index (Phi) is 3.81. The fraction of sp³-hybridized carbons (Fsp3) is 0.562. The lowest BCUT2D eigenvalue weighted by atomic mass is 10.1. The molecule has 2 aliphatic heterocycles. The molecule has 1 fully saturated rings. The molecular formula is C16H23N3O. The Hall–Kier alpha value is -1.71. The summed E-state index contributed by atoms with van der Waals surface area (Å²) in [6, 6.07) is 6.03. The first-order valence-electron chi connectivity index (χ1n) is 7.65. The van der Waals surface area contributed by atoms with Crippen molar-refractivity contribution in [2.75, 3.05) is 36.8 Å². The van der Waals surface area contributed by atoms with Crippen LogP contribution in [0.2, 0.25) is 0 Å². The molecule has 4 nitrogen and oxygen atoms in total. The summed E-state index contributed by atoms with van der Waals surface area (Å²) in [7, 11) is 0. The number of carbonyl (C=O) groups excluding carboxylic acids is 1. The molecule has 4 heteroatoms. The number of fused-ring (bicyclic) bond motifs is 1. The van der Waals surface area contributed by atoms with Gasteiger partial charge < -0.3 is 15.5 Å². The van der Waals surface area contributed by atoms with Crippen molar-refractivity contribution < 1.29 is 4.79 Å². The molecule has 1 aromatic rings. The summed E-state index contributed by atoms with van der Waals surface area (Å²) in [5, 5.41) is 0. The van der Waals surface area contributed by atoms with Crippen molar-refractivity contribution in [1.29, 1.82) is 0 Å². The van der Waals surface area contributed by atoms with Crippen LogP contribution in [0.3, 0.4) is 0 Å². The average molecular weight is 273 g/mol. The van der Waals surface area contributed by atoms with Crippen molar-refractivity contribution >= 4 is 17.3 Å². The maximum atomic E-state index is 12.5. The van der Waals surface area contributed by atoms with Crippen molar-refractivity contribution in [3.05, 3.63) is 23.8 Å². The van der Waals surface area contributed by atoms with E-state index in [2.05, 4.69) is 11.0 Å². The highest BCUT2D eigenvalue weighted by molar-refractivity contribution is 5.83. The molecule has 0 bridgehead atoms. The standard InChI is InChI=1S/C16H23N3O/c17-14-6-5-13-7-10-19(15(13)11-14)12-16(20)18-8-3-1-2-4-9-18/h5-6,11H,1-4,7-10,12,17H2. The van der Waals surface area contributed by atoms with E-state index in [1.54, 1.807) is 0 Å². The molecule has 2 N–H and O–H groups in total. The van der Waals surface area contributed by atoms with Crippen molar-refractivity contribution in [3.8, 4) is 0 Å². The number of nitrogens with zero attached hydrogens (tertiary/aromatic N) is 2. The lowest BCUT2D eigenvalue weighted by molar-refractivity contribution is -0.129. The van der Waals surface area contributed by atoms with Gasteiger partial charge in [-0.25, -0.2) is 0 Å². The smallest absolute Gasteiger partial charge is 0.242 e. The molecule has 1 aromatic carbocycles. The maximum Gasteiger partial charge on any atom is 0.242 e. The molecule has 20 heavy (non-hydrogen) atoms. The monoisotopic (exact) mass is 273 g/mol. The van der Waals surface area contributed by atoms with E-state index >= 15 is 0 Å². The molecule has 2 aliphatic rings. The zero-order valence-electron chi connectivity index (χ0n) is 12.0. The van der Waals surface area contributed by atoms with Crippen molar-refractivity contribution in [2.24, 2.45) is 0 Å². The molecule has 3 rings (SSSR count). The molecular weight excluding hydrogens is 250 g/mol. The Morgan fingerprint density at radius 3 is 2.60 bits per heavy atom. The first-order chi connectivity index (χ1) is 9.74. The van der Waals surface area contributed by atoms with Crippen molar-refractivity contribution in [3.63, 3.8) is 0 Å². The van der Waals surface area contributed by atoms with Gasteiger partial charge in [0.1, 0.15) is 0 Å². The summed E-state index contributed by atoms with van der Waals surface area (Å²) >= 11 is 0. The van der Waals surface area contributed by atoms with E-state index in [-0.39, 0.29) is 5.91 Å². The fourth-order valence-corrected chi connectivity index (χ4v) is 3.21. The van der Waals surface area contributed by atoms with E-state index in [0.717, 1.165) is 50.3 Å². The Balaban J connectivity index is 1.67. The van der Waals surface area contributed by atoms with Crippen LogP contribution in [0.1, 0.15) is 31.2 Å². The molecule has 0 spiro atoms. The molecule has 0 atom stereocenters. The van der Waals surface area contributed by atoms with Crippen LogP contribution in [0.25, 0.3) is 0 Å². The Morgan fingerprint density at radius 2 is 1.85 bits per heavy atom. The van der Waals surface area contributed by atoms with Gasteiger partial charge in [-0.2, -0.15) is 0 Å². The first-order valence-corrected chi connectivity index (χ1v) is 7.65. The van der Waals surface area contributed by atoms with Crippen LogP contribution >= 0.6 is 0 Å². The highest BCUT2D eigenvalue weighted by Crippen LogP contribution is 2.29. The maximum absolute atomic E-state index is 12.5. The van der Waals surface area contributed by atoms with Gasteiger partial charge in [-0.1, -0.05) is 18.9 Å². The van der Waals surface area contributed by atoms with Crippen LogP contribution in [0.5, 0.6) is 0 Å². The number of likely N-dealkylation sites (tertiary alicyclic amines) is 1. The van der Waals surface area contributed by atoms with Gasteiger partial charge in [-0.05, 0) is 37.0 Å². The van der Waals surface area contributed by atoms with E-state index in [1.165, 1.54) is 18.4 Å². The summed E-state index contributed by atoms with van der Waals surface area (Å²) in [5.74, 6) is 0.266. The van der Waals surface area contributed by atoms with Crippen LogP contribution in [-0.4, -0.2) is 37.0 Å². The minimum atomic E-state index is 0.266. The first kappa shape index (κ1) is 13.3. The minimum absolute atomic E-state index is 0.266. The van der Waals surface area contributed by atoms with Gasteiger partial charge >= 0.3 is 0 Å². The van der Waals surface area contributed by atoms with Crippen LogP contribution in [0, 0.1) is 0 Å². The topological polar surface area (TPSA) is 49.6 Å². The number of nitrogen functional groups attached to an aromatic ring is 1. The van der Waals surface area contributed by atoms with E-state index in [0.29, 0.717) is 6.54 Å². The summed E-state index contributed by atoms with van der Waals surface area (Å²) in [4.78, 5) is 16.7. The van der Waals surface area contributed by atoms with Gasteiger partial charge in [0.15, 0.2) is 0 Å². The molecule has 108 valence electrons. The number of rotatable bonds is 2. The third-order valence-electron chi connectivity index (χ3n) is 4.39. The third kappa shape index (κ3) is 2.74. The van der Waals surface area contributed by atoms with Gasteiger partial charge in [0, 0.05) is 31.0 Å². The quantitative estimate of drug-likeness (QED) is 0.839. The zero-order chi connectivity index (χ0) is 13.9. The minimum Gasteiger partial charge on any atom is -0.399 e. The number of anilines is 2. The van der Waals surface area contributed by atoms with Crippen molar-refractivity contribution in [2.45, 2.75) is 32.1 Å². The van der Waals surface area contributed by atoms with E-state index in [1.807, 2.05) is 17.0 Å². The number of nitrogens with two attached hydrogens (primary N) is 1. The molecule has 1 amide bonds. The Labute approximate surface area is 120 Å². The lowest BCUT2D eigenvalue weighted by Crippen LogP contribution is -2.40. The molecule has 2 heterocycles. The van der Waals surface area contributed by atoms with Gasteiger partial charge in [0.25, 0.3) is 0 Å². The summed E-state index contributed by atoms with van der Waals surface area (Å²) in [5.41, 5.74) is 9.10. The molecule has 0 radical (unpaired) electrons. The molecule has 0 saturated carbocycles. The number of carbonyl (C=O) groups is 1. The Bertz CT molecular complexity index is 492. The predicted molar refractivity (Wildman–Crippen MR) is 81.8 cm³/mol. The molecule has 0 unspecified atom stereocenters. The summed E-state index contributed by atoms with van der Waals surface area (Å²) in [6.07, 6.45) is 5.83. The second-order valence-corrected chi connectivity index (χ2v) is 5.85. The van der Waals surface area contributed by atoms with Crippen LogP contribution < -0.4 is 10.6 Å². The van der Waals surface area contributed by atoms with E-state index < -0.39 is 0 Å². The second-order valence-electron chi connectivity index (χ2n) is 5.85. The highest BCUT2D eigenvalue weighted by Gasteiger charge is 2.24. The SMILES string of the molecule is Nc1ccc2c(c1)N(CC(=O)N1CCCCCC1)CC2. The fourth-order valence-electron chi connectivity index (χ4n) is 3.21. The van der Waals surface area contributed by atoms with Gasteiger partial charge in [-0.3, -0.25) is 4.79 Å². The second kappa shape index (κ2) is 5.73. The van der Waals surface area contributed by atoms with Crippen LogP contribution in [0.15, 0.2) is 18.2 Å². The lowest BCUT2D eigenvalue weighted by Gasteiger charge is -2.25.